The van der Waals surface area contributed by atoms with E-state index in [1.807, 2.05) is 6.92 Å². The second kappa shape index (κ2) is 6.00. The Morgan fingerprint density at radius 1 is 1.19 bits per heavy atom. The molecule has 3 N–H and O–H groups in total. The number of carboxylic acids is 1. The molecule has 1 aromatic heterocycles. The van der Waals surface area contributed by atoms with E-state index in [1.54, 1.807) is 12.1 Å². The number of nitrogens with one attached hydrogen (secondary N) is 2. The summed E-state index contributed by atoms with van der Waals surface area (Å²) in [6.45, 7) is 1.81. The van der Waals surface area contributed by atoms with Crippen molar-refractivity contribution in [3.8, 4) is 0 Å². The first-order valence-electron chi connectivity index (χ1n) is 5.99. The number of anilines is 2. The van der Waals surface area contributed by atoms with Crippen LogP contribution < -0.4 is 10.6 Å². The topological polar surface area (TPSA) is 91.3 Å². The number of rotatable bonds is 3. The maximum absolute atomic E-state index is 13.6. The highest BCUT2D eigenvalue weighted by atomic mass is 19.1. The quantitative estimate of drug-likeness (QED) is 0.810. The fraction of sp³-hybridized carbons (Fsp3) is 0.0714. The zero-order valence-electron chi connectivity index (χ0n) is 11.1. The molecule has 0 aliphatic heterocycles. The van der Waals surface area contributed by atoms with Crippen molar-refractivity contribution in [2.45, 2.75) is 6.92 Å². The highest BCUT2D eigenvalue weighted by Gasteiger charge is 2.10. The molecule has 0 aliphatic carbocycles. The number of carbonyl (C=O) groups is 2. The molecule has 108 valence electrons. The minimum Gasteiger partial charge on any atom is -0.478 e. The molecule has 6 nitrogen and oxygen atoms in total. The molecule has 0 saturated carbocycles. The second-order valence-electron chi connectivity index (χ2n) is 4.27. The van der Waals surface area contributed by atoms with Crippen molar-refractivity contribution in [3.63, 3.8) is 0 Å². The van der Waals surface area contributed by atoms with Crippen LogP contribution in [0.2, 0.25) is 0 Å². The van der Waals surface area contributed by atoms with Gasteiger partial charge in [-0.1, -0.05) is 0 Å². The van der Waals surface area contributed by atoms with E-state index in [-0.39, 0.29) is 11.3 Å². The molecule has 7 heteroatoms. The molecule has 0 fully saturated rings. The number of aromatic nitrogens is 1. The number of aryl methyl sites for hydroxylation is 1. The summed E-state index contributed by atoms with van der Waals surface area (Å²) in [7, 11) is 0. The SMILES string of the molecule is Cc1ccc(NC(=O)Nc2ccc(C(=O)O)cc2F)cn1. The minimum atomic E-state index is -1.24. The number of amides is 2. The van der Waals surface area contributed by atoms with Crippen molar-refractivity contribution >= 4 is 23.4 Å². The highest BCUT2D eigenvalue weighted by Crippen LogP contribution is 2.16. The molecule has 0 spiro atoms. The van der Waals surface area contributed by atoms with Gasteiger partial charge < -0.3 is 15.7 Å². The molecule has 0 bridgehead atoms. The smallest absolute Gasteiger partial charge is 0.335 e. The average molecular weight is 289 g/mol. The number of nitrogens with zero attached hydrogens (tertiary/aromatic N) is 1. The van der Waals surface area contributed by atoms with Crippen molar-refractivity contribution in [2.75, 3.05) is 10.6 Å². The van der Waals surface area contributed by atoms with Crippen molar-refractivity contribution < 1.29 is 19.1 Å². The molecule has 0 aliphatic rings. The highest BCUT2D eigenvalue weighted by molar-refractivity contribution is 6.00. The molecule has 0 atom stereocenters. The Bertz CT molecular complexity index is 686. The Kier molecular flexibility index (Phi) is 4.13. The summed E-state index contributed by atoms with van der Waals surface area (Å²) in [6, 6.07) is 5.96. The summed E-state index contributed by atoms with van der Waals surface area (Å²) in [5, 5.41) is 13.5. The average Bonchev–Trinajstić information content (AvgIpc) is 2.43. The number of urea groups is 1. The molecule has 1 aromatic carbocycles. The molecule has 2 aromatic rings. The van der Waals surface area contributed by atoms with Gasteiger partial charge in [-0.25, -0.2) is 14.0 Å². The van der Waals surface area contributed by atoms with E-state index in [9.17, 15) is 14.0 Å². The first-order valence-corrected chi connectivity index (χ1v) is 5.99. The van der Waals surface area contributed by atoms with Gasteiger partial charge in [0.2, 0.25) is 0 Å². The first kappa shape index (κ1) is 14.4. The van der Waals surface area contributed by atoms with Crippen LogP contribution in [0, 0.1) is 12.7 Å². The Balaban J connectivity index is 2.06. The van der Waals surface area contributed by atoms with Crippen LogP contribution in [0.4, 0.5) is 20.6 Å². The molecule has 2 amide bonds. The Morgan fingerprint density at radius 3 is 2.52 bits per heavy atom. The molecule has 21 heavy (non-hydrogen) atoms. The number of hydrogen-bond acceptors (Lipinski definition) is 3. The van der Waals surface area contributed by atoms with Gasteiger partial charge in [0.1, 0.15) is 5.82 Å². The van der Waals surface area contributed by atoms with Gasteiger partial charge in [0, 0.05) is 5.69 Å². The summed E-state index contributed by atoms with van der Waals surface area (Å²) in [6.07, 6.45) is 1.47. The molecular formula is C14H12FN3O3. The molecule has 1 heterocycles. The number of carboxylic acid groups (broad SMARTS) is 1. The maximum Gasteiger partial charge on any atom is 0.335 e. The summed E-state index contributed by atoms with van der Waals surface area (Å²) in [4.78, 5) is 26.4. The summed E-state index contributed by atoms with van der Waals surface area (Å²) < 4.78 is 13.6. The molecule has 0 unspecified atom stereocenters. The molecule has 0 saturated heterocycles. The predicted molar refractivity (Wildman–Crippen MR) is 75.0 cm³/mol. The largest absolute Gasteiger partial charge is 0.478 e. The van der Waals surface area contributed by atoms with Crippen LogP contribution >= 0.6 is 0 Å². The van der Waals surface area contributed by atoms with Crippen molar-refractivity contribution in [2.24, 2.45) is 0 Å². The fourth-order valence-electron chi connectivity index (χ4n) is 1.58. The Hall–Kier alpha value is -2.96. The minimum absolute atomic E-state index is 0.113. The lowest BCUT2D eigenvalue weighted by molar-refractivity contribution is 0.0696. The third-order valence-electron chi connectivity index (χ3n) is 2.63. The number of hydrogen-bond donors (Lipinski definition) is 3. The second-order valence-corrected chi connectivity index (χ2v) is 4.27. The van der Waals surface area contributed by atoms with Gasteiger partial charge >= 0.3 is 12.0 Å². The molecular weight excluding hydrogens is 277 g/mol. The van der Waals surface area contributed by atoms with E-state index in [0.29, 0.717) is 5.69 Å². The van der Waals surface area contributed by atoms with Gasteiger partial charge in [0.05, 0.1) is 23.1 Å². The fourth-order valence-corrected chi connectivity index (χ4v) is 1.58. The summed E-state index contributed by atoms with van der Waals surface area (Å²) in [5.41, 5.74) is 0.954. The van der Waals surface area contributed by atoms with E-state index in [0.717, 1.165) is 11.8 Å². The Labute approximate surface area is 119 Å². The lowest BCUT2D eigenvalue weighted by Crippen LogP contribution is -2.20. The van der Waals surface area contributed by atoms with Gasteiger partial charge in [0.25, 0.3) is 0 Å². The van der Waals surface area contributed by atoms with Crippen molar-refractivity contribution in [1.82, 2.24) is 4.98 Å². The van der Waals surface area contributed by atoms with Gasteiger partial charge in [-0.3, -0.25) is 4.98 Å². The Morgan fingerprint density at radius 2 is 1.95 bits per heavy atom. The van der Waals surface area contributed by atoms with Crippen molar-refractivity contribution in [3.05, 3.63) is 53.6 Å². The molecule has 2 rings (SSSR count). The van der Waals surface area contributed by atoms with Crippen LogP contribution in [0.5, 0.6) is 0 Å². The van der Waals surface area contributed by atoms with Crippen LogP contribution in [-0.4, -0.2) is 22.1 Å². The third-order valence-corrected chi connectivity index (χ3v) is 2.63. The van der Waals surface area contributed by atoms with Crippen LogP contribution in [-0.2, 0) is 0 Å². The maximum atomic E-state index is 13.6. The first-order chi connectivity index (χ1) is 9.95. The predicted octanol–water partition coefficient (Wildman–Crippen LogP) is 2.87. The van der Waals surface area contributed by atoms with Gasteiger partial charge in [-0.15, -0.1) is 0 Å². The van der Waals surface area contributed by atoms with E-state index in [4.69, 9.17) is 5.11 Å². The van der Waals surface area contributed by atoms with E-state index in [2.05, 4.69) is 15.6 Å². The normalized spacial score (nSPS) is 10.0. The number of carbonyl (C=O) groups excluding carboxylic acids is 1. The van der Waals surface area contributed by atoms with Crippen LogP contribution in [0.15, 0.2) is 36.5 Å². The van der Waals surface area contributed by atoms with Crippen LogP contribution in [0.25, 0.3) is 0 Å². The van der Waals surface area contributed by atoms with Gasteiger partial charge in [0.15, 0.2) is 0 Å². The zero-order chi connectivity index (χ0) is 15.4. The van der Waals surface area contributed by atoms with E-state index < -0.39 is 17.8 Å². The van der Waals surface area contributed by atoms with E-state index in [1.165, 1.54) is 18.3 Å². The van der Waals surface area contributed by atoms with Gasteiger partial charge in [-0.05, 0) is 37.3 Å². The summed E-state index contributed by atoms with van der Waals surface area (Å²) >= 11 is 0. The zero-order valence-corrected chi connectivity index (χ0v) is 11.1. The lowest BCUT2D eigenvalue weighted by Gasteiger charge is -2.08. The van der Waals surface area contributed by atoms with Crippen LogP contribution in [0.3, 0.4) is 0 Å². The number of pyridine rings is 1. The van der Waals surface area contributed by atoms with Crippen LogP contribution in [0.1, 0.15) is 16.1 Å². The summed E-state index contributed by atoms with van der Waals surface area (Å²) in [5.74, 6) is -2.07. The number of halogens is 1. The number of benzene rings is 1. The van der Waals surface area contributed by atoms with E-state index >= 15 is 0 Å². The third kappa shape index (κ3) is 3.75. The monoisotopic (exact) mass is 289 g/mol. The van der Waals surface area contributed by atoms with Gasteiger partial charge in [-0.2, -0.15) is 0 Å². The standard InChI is InChI=1S/C14H12FN3O3/c1-8-2-4-10(7-16-8)17-14(21)18-12-5-3-9(13(19)20)6-11(12)15/h2-7H,1H3,(H,19,20)(H2,17,18,21). The molecule has 0 radical (unpaired) electrons. The number of aromatic carboxylic acids is 1. The van der Waals surface area contributed by atoms with Crippen molar-refractivity contribution in [1.29, 1.82) is 0 Å². The lowest BCUT2D eigenvalue weighted by atomic mass is 10.2.